The second-order valence-corrected chi connectivity index (χ2v) is 10.6. The molecule has 0 unspecified atom stereocenters. The number of fused-ring (bicyclic) bond motifs is 1. The van der Waals surface area contributed by atoms with Gasteiger partial charge in [0.15, 0.2) is 0 Å². The third kappa shape index (κ3) is 6.82. The number of nitrogens with one attached hydrogen (secondary N) is 2. The number of hydrogen-bond acceptors (Lipinski definition) is 7. The van der Waals surface area contributed by atoms with Crippen molar-refractivity contribution in [2.75, 3.05) is 26.3 Å². The van der Waals surface area contributed by atoms with Crippen molar-refractivity contribution < 1.29 is 14.6 Å². The van der Waals surface area contributed by atoms with Crippen molar-refractivity contribution in [3.8, 4) is 22.3 Å². The Bertz CT molecular complexity index is 1850. The van der Waals surface area contributed by atoms with E-state index in [1.807, 2.05) is 55.5 Å². The first-order valence-electron chi connectivity index (χ1n) is 14.6. The van der Waals surface area contributed by atoms with Gasteiger partial charge in [-0.1, -0.05) is 42.5 Å². The number of halogens is 1. The summed E-state index contributed by atoms with van der Waals surface area (Å²) >= 11 is 0. The summed E-state index contributed by atoms with van der Waals surface area (Å²) < 4.78 is 16.8. The Morgan fingerprint density at radius 2 is 1.57 bits per heavy atom. The summed E-state index contributed by atoms with van der Waals surface area (Å²) in [5.41, 5.74) is 8.84. The Morgan fingerprint density at radius 1 is 0.864 bits per heavy atom. The van der Waals surface area contributed by atoms with Crippen molar-refractivity contribution in [3.63, 3.8) is 0 Å². The predicted octanol–water partition coefficient (Wildman–Crippen LogP) is 4.67. The largest absolute Gasteiger partial charge is 0.395 e. The van der Waals surface area contributed by atoms with Crippen LogP contribution in [0.5, 0.6) is 0 Å². The zero-order chi connectivity index (χ0) is 31.1. The van der Waals surface area contributed by atoms with Crippen LogP contribution in [0.25, 0.3) is 39.8 Å². The molecule has 5 aromatic rings. The number of aliphatic hydroxyl groups excluding tert-OH is 2. The van der Waals surface area contributed by atoms with Crippen molar-refractivity contribution in [3.05, 3.63) is 123 Å². The van der Waals surface area contributed by atoms with Crippen LogP contribution in [0.4, 0.5) is 4.39 Å². The standard InChI is InChI=1S/C35H36FN5O3/c1-23-26(17-32(36)33-10-9-25(20-39-33)19-37-12-15-42)5-3-7-30(23)31-8-4-6-29(24(31)2)27-11-14-41-34(18-27)40-22-28(35(41)44)21-38-13-16-43/h3-11,14,17-18,20,22,37-38,42-43H,12-13,15-16,19,21H2,1-2H3/b32-17-. The van der Waals surface area contributed by atoms with Crippen LogP contribution in [-0.2, 0) is 13.1 Å². The predicted molar refractivity (Wildman–Crippen MR) is 173 cm³/mol. The van der Waals surface area contributed by atoms with Crippen LogP contribution in [0.15, 0.2) is 84.0 Å². The molecule has 8 nitrogen and oxygen atoms in total. The third-order valence-electron chi connectivity index (χ3n) is 7.66. The summed E-state index contributed by atoms with van der Waals surface area (Å²) in [6.45, 7) is 5.89. The van der Waals surface area contributed by atoms with E-state index in [0.717, 1.165) is 44.5 Å². The number of rotatable bonds is 12. The molecular formula is C35H36FN5O3. The molecular weight excluding hydrogens is 557 g/mol. The Hall–Kier alpha value is -4.54. The molecule has 0 aliphatic heterocycles. The minimum atomic E-state index is -0.420. The van der Waals surface area contributed by atoms with Gasteiger partial charge in [-0.2, -0.15) is 0 Å². The van der Waals surface area contributed by atoms with E-state index in [4.69, 9.17) is 10.2 Å². The Labute approximate surface area is 255 Å². The van der Waals surface area contributed by atoms with E-state index < -0.39 is 5.83 Å². The molecule has 226 valence electrons. The zero-order valence-electron chi connectivity index (χ0n) is 24.8. The molecule has 0 bridgehead atoms. The summed E-state index contributed by atoms with van der Waals surface area (Å²) in [4.78, 5) is 21.8. The molecule has 4 N–H and O–H groups in total. The Morgan fingerprint density at radius 3 is 2.30 bits per heavy atom. The van der Waals surface area contributed by atoms with Crippen LogP contribution in [0.1, 0.15) is 33.5 Å². The summed E-state index contributed by atoms with van der Waals surface area (Å²) in [7, 11) is 0. The van der Waals surface area contributed by atoms with Crippen LogP contribution >= 0.6 is 0 Å². The van der Waals surface area contributed by atoms with Gasteiger partial charge in [-0.05, 0) is 82.6 Å². The molecule has 3 heterocycles. The molecule has 0 saturated heterocycles. The molecule has 0 aliphatic rings. The maximum atomic E-state index is 15.3. The highest BCUT2D eigenvalue weighted by Gasteiger charge is 2.14. The topological polar surface area (TPSA) is 112 Å². The molecule has 0 radical (unpaired) electrons. The lowest BCUT2D eigenvalue weighted by molar-refractivity contribution is 0.291. The van der Waals surface area contributed by atoms with Crippen LogP contribution in [0.2, 0.25) is 0 Å². The lowest BCUT2D eigenvalue weighted by atomic mass is 9.89. The first kappa shape index (κ1) is 30.9. The van der Waals surface area contributed by atoms with Crippen molar-refractivity contribution >= 4 is 17.6 Å². The number of pyridine rings is 2. The molecule has 0 spiro atoms. The Balaban J connectivity index is 1.43. The molecule has 44 heavy (non-hydrogen) atoms. The van der Waals surface area contributed by atoms with Gasteiger partial charge in [0.25, 0.3) is 5.56 Å². The lowest BCUT2D eigenvalue weighted by Crippen LogP contribution is -2.26. The first-order valence-corrected chi connectivity index (χ1v) is 14.6. The van der Waals surface area contributed by atoms with Gasteiger partial charge in [-0.3, -0.25) is 14.2 Å². The highest BCUT2D eigenvalue weighted by Crippen LogP contribution is 2.35. The summed E-state index contributed by atoms with van der Waals surface area (Å²) in [6, 6.07) is 19.3. The number of hydrogen-bond donors (Lipinski definition) is 4. The van der Waals surface area contributed by atoms with Gasteiger partial charge >= 0.3 is 0 Å². The number of aliphatic hydroxyl groups is 2. The fraction of sp³-hybridized carbons (Fsp3) is 0.229. The average Bonchev–Trinajstić information content (AvgIpc) is 3.04. The minimum absolute atomic E-state index is 0.000581. The van der Waals surface area contributed by atoms with Crippen LogP contribution in [-0.4, -0.2) is 50.9 Å². The fourth-order valence-corrected chi connectivity index (χ4v) is 5.24. The van der Waals surface area contributed by atoms with Crippen LogP contribution in [0, 0.1) is 13.8 Å². The maximum Gasteiger partial charge on any atom is 0.262 e. The van der Waals surface area contributed by atoms with Gasteiger partial charge in [0.1, 0.15) is 11.5 Å². The van der Waals surface area contributed by atoms with E-state index in [0.29, 0.717) is 37.4 Å². The number of benzene rings is 2. The molecule has 5 rings (SSSR count). The quantitative estimate of drug-likeness (QED) is 0.156. The third-order valence-corrected chi connectivity index (χ3v) is 7.66. The Kier molecular flexibility index (Phi) is 10.0. The molecule has 2 aromatic carbocycles. The number of aromatic nitrogens is 3. The summed E-state index contributed by atoms with van der Waals surface area (Å²) in [5, 5.41) is 24.0. The summed E-state index contributed by atoms with van der Waals surface area (Å²) in [5.74, 6) is -0.420. The second-order valence-electron chi connectivity index (χ2n) is 10.6. The van der Waals surface area contributed by atoms with Gasteiger partial charge in [0.05, 0.1) is 18.9 Å². The van der Waals surface area contributed by atoms with Crippen molar-refractivity contribution in [1.82, 2.24) is 25.0 Å². The monoisotopic (exact) mass is 593 g/mol. The van der Waals surface area contributed by atoms with E-state index in [2.05, 4.69) is 33.6 Å². The molecule has 9 heteroatoms. The molecule has 3 aromatic heterocycles. The fourth-order valence-electron chi connectivity index (χ4n) is 5.24. The van der Waals surface area contributed by atoms with Gasteiger partial charge in [0.2, 0.25) is 0 Å². The summed E-state index contributed by atoms with van der Waals surface area (Å²) in [6.07, 6.45) is 6.48. The van der Waals surface area contributed by atoms with Crippen molar-refractivity contribution in [2.45, 2.75) is 26.9 Å². The molecule has 0 aliphatic carbocycles. The van der Waals surface area contributed by atoms with Crippen molar-refractivity contribution in [2.24, 2.45) is 0 Å². The van der Waals surface area contributed by atoms with Gasteiger partial charge in [-0.25, -0.2) is 9.37 Å². The van der Waals surface area contributed by atoms with Gasteiger partial charge in [0, 0.05) is 50.3 Å². The van der Waals surface area contributed by atoms with E-state index in [1.165, 1.54) is 10.5 Å². The van der Waals surface area contributed by atoms with Crippen LogP contribution < -0.4 is 16.2 Å². The number of nitrogens with zero attached hydrogens (tertiary/aromatic N) is 3. The molecule has 0 amide bonds. The molecule has 0 atom stereocenters. The van der Waals surface area contributed by atoms with E-state index in [1.54, 1.807) is 24.7 Å². The zero-order valence-corrected chi connectivity index (χ0v) is 24.8. The highest BCUT2D eigenvalue weighted by atomic mass is 19.1. The van der Waals surface area contributed by atoms with Gasteiger partial charge in [-0.15, -0.1) is 0 Å². The van der Waals surface area contributed by atoms with Gasteiger partial charge < -0.3 is 20.8 Å². The first-order chi connectivity index (χ1) is 21.4. The normalized spacial score (nSPS) is 11.8. The van der Waals surface area contributed by atoms with E-state index in [9.17, 15) is 4.79 Å². The van der Waals surface area contributed by atoms with E-state index in [-0.39, 0.29) is 24.5 Å². The van der Waals surface area contributed by atoms with Crippen LogP contribution in [0.3, 0.4) is 0 Å². The van der Waals surface area contributed by atoms with Crippen molar-refractivity contribution in [1.29, 1.82) is 0 Å². The lowest BCUT2D eigenvalue weighted by Gasteiger charge is -2.16. The smallest absolute Gasteiger partial charge is 0.262 e. The SMILES string of the molecule is Cc1c(/C=C(\F)c2ccc(CNCCO)cn2)cccc1-c1cccc(-c2ccn3c(=O)c(CNCCO)cnc3c2)c1C. The average molecular weight is 594 g/mol. The second kappa shape index (κ2) is 14.3. The molecule has 0 saturated carbocycles. The maximum absolute atomic E-state index is 15.3. The highest BCUT2D eigenvalue weighted by molar-refractivity contribution is 5.84. The van der Waals surface area contributed by atoms with E-state index >= 15 is 4.39 Å². The minimum Gasteiger partial charge on any atom is -0.395 e. The molecule has 0 fully saturated rings.